The highest BCUT2D eigenvalue weighted by Crippen LogP contribution is 2.53. The first kappa shape index (κ1) is 23.1. The molecule has 190 valence electrons. The zero-order valence-corrected chi connectivity index (χ0v) is 19.7. The van der Waals surface area contributed by atoms with Gasteiger partial charge in [-0.1, -0.05) is 48.5 Å². The lowest BCUT2D eigenvalue weighted by Crippen LogP contribution is -2.46. The zero-order chi connectivity index (χ0) is 25.7. The molecule has 3 aromatic carbocycles. The van der Waals surface area contributed by atoms with Gasteiger partial charge in [0.1, 0.15) is 0 Å². The Morgan fingerprint density at radius 3 is 2.41 bits per heavy atom. The quantitative estimate of drug-likeness (QED) is 0.293. The van der Waals surface area contributed by atoms with Crippen molar-refractivity contribution in [1.29, 1.82) is 0 Å². The fraction of sp³-hybridized carbons (Fsp3) is 0.259. The largest absolute Gasteiger partial charge is 0.476 e. The second-order valence-electron chi connectivity index (χ2n) is 9.31. The molecule has 0 radical (unpaired) electrons. The fourth-order valence-electron chi connectivity index (χ4n) is 6.11. The summed E-state index contributed by atoms with van der Waals surface area (Å²) in [6.45, 7) is -0.461. The summed E-state index contributed by atoms with van der Waals surface area (Å²) in [4.78, 5) is 38.5. The molecule has 37 heavy (non-hydrogen) atoms. The number of hydrogen-bond acceptors (Lipinski definition) is 7. The number of fused-ring (bicyclic) bond motifs is 5. The highest BCUT2D eigenvalue weighted by Gasteiger charge is 2.44. The number of carbonyl (C=O) groups excluding carboxylic acids is 2. The van der Waals surface area contributed by atoms with E-state index < -0.39 is 30.8 Å². The van der Waals surface area contributed by atoms with Gasteiger partial charge < -0.3 is 16.2 Å². The SMILES string of the molecule is NC(=O)OOC(=O)N1OCOc2c(F)cc(N)c3c2CCC1C3CC1c2ccccc2-c2ccccc21. The van der Waals surface area contributed by atoms with Crippen LogP contribution in [0.4, 0.5) is 19.7 Å². The molecule has 10 heteroatoms. The van der Waals surface area contributed by atoms with E-state index in [0.717, 1.165) is 27.3 Å². The number of benzene rings is 3. The summed E-state index contributed by atoms with van der Waals surface area (Å²) < 4.78 is 20.5. The van der Waals surface area contributed by atoms with Gasteiger partial charge in [-0.2, -0.15) is 5.06 Å². The Kier molecular flexibility index (Phi) is 5.60. The van der Waals surface area contributed by atoms with Crippen LogP contribution in [-0.4, -0.2) is 30.1 Å². The molecule has 2 bridgehead atoms. The van der Waals surface area contributed by atoms with Gasteiger partial charge in [-0.3, -0.25) is 0 Å². The Hall–Kier alpha value is -4.31. The van der Waals surface area contributed by atoms with Crippen LogP contribution in [0.25, 0.3) is 11.1 Å². The molecule has 1 aliphatic heterocycles. The second-order valence-corrected chi connectivity index (χ2v) is 9.31. The number of nitrogens with two attached hydrogens (primary N) is 2. The molecule has 0 saturated carbocycles. The van der Waals surface area contributed by atoms with Crippen LogP contribution in [0.5, 0.6) is 5.75 Å². The van der Waals surface area contributed by atoms with E-state index in [9.17, 15) is 14.0 Å². The van der Waals surface area contributed by atoms with Crippen LogP contribution in [0.1, 0.15) is 46.9 Å². The molecule has 0 aromatic heterocycles. The molecule has 2 amide bonds. The maximum absolute atomic E-state index is 14.9. The number of carbonyl (C=O) groups is 2. The van der Waals surface area contributed by atoms with Gasteiger partial charge in [0, 0.05) is 29.2 Å². The van der Waals surface area contributed by atoms with Crippen molar-refractivity contribution < 1.29 is 33.3 Å². The first-order chi connectivity index (χ1) is 17.9. The molecule has 2 aliphatic carbocycles. The standard InChI is InChI=1S/C27H24FN3O6/c28-21-12-22(29)24-18-9-10-23(31(35-13-34-25(18)21)27(33)37-36-26(30)32)20(24)11-19-16-7-3-1-5-14(16)15-6-2-4-8-17(15)19/h1-8,12,19-20,23H,9-11,13,29H2,(H2,30,32). The summed E-state index contributed by atoms with van der Waals surface area (Å²) in [6.07, 6.45) is -1.01. The first-order valence-corrected chi connectivity index (χ1v) is 12.0. The smallest absolute Gasteiger partial charge is 0.462 e. The first-order valence-electron chi connectivity index (χ1n) is 12.0. The van der Waals surface area contributed by atoms with Gasteiger partial charge in [0.15, 0.2) is 11.6 Å². The molecular weight excluding hydrogens is 481 g/mol. The van der Waals surface area contributed by atoms with Gasteiger partial charge in [0.2, 0.25) is 6.79 Å². The van der Waals surface area contributed by atoms with E-state index in [2.05, 4.69) is 34.0 Å². The third-order valence-electron chi connectivity index (χ3n) is 7.46. The summed E-state index contributed by atoms with van der Waals surface area (Å²) in [5.41, 5.74) is 17.7. The maximum atomic E-state index is 14.9. The number of anilines is 1. The molecule has 2 unspecified atom stereocenters. The number of hydrogen-bond donors (Lipinski definition) is 2. The fourth-order valence-corrected chi connectivity index (χ4v) is 6.11. The second kappa shape index (κ2) is 8.97. The molecule has 0 fully saturated rings. The van der Waals surface area contributed by atoms with Crippen molar-refractivity contribution in [3.63, 3.8) is 0 Å². The Labute approximate surface area is 211 Å². The molecule has 6 rings (SSSR count). The zero-order valence-electron chi connectivity index (χ0n) is 19.7. The summed E-state index contributed by atoms with van der Waals surface area (Å²) in [7, 11) is 0. The lowest BCUT2D eigenvalue weighted by Gasteiger charge is -2.39. The van der Waals surface area contributed by atoms with Crippen LogP contribution in [-0.2, 0) is 21.0 Å². The van der Waals surface area contributed by atoms with Crippen molar-refractivity contribution in [2.24, 2.45) is 5.73 Å². The van der Waals surface area contributed by atoms with Gasteiger partial charge in [-0.05, 0) is 47.1 Å². The third kappa shape index (κ3) is 3.80. The minimum Gasteiger partial charge on any atom is -0.462 e. The molecule has 3 aromatic rings. The molecule has 0 spiro atoms. The Balaban J connectivity index is 1.46. The van der Waals surface area contributed by atoms with Crippen molar-refractivity contribution in [3.05, 3.63) is 82.7 Å². The molecule has 9 nitrogen and oxygen atoms in total. The van der Waals surface area contributed by atoms with E-state index >= 15 is 0 Å². The average molecular weight is 506 g/mol. The van der Waals surface area contributed by atoms with Crippen LogP contribution >= 0.6 is 0 Å². The molecule has 2 atom stereocenters. The number of primary amides is 1. The maximum Gasteiger partial charge on any atom is 0.476 e. The Morgan fingerprint density at radius 1 is 1.05 bits per heavy atom. The number of amides is 2. The number of halogens is 1. The minimum absolute atomic E-state index is 0.0137. The average Bonchev–Trinajstić information content (AvgIpc) is 3.26. The molecule has 4 N–H and O–H groups in total. The van der Waals surface area contributed by atoms with Crippen LogP contribution in [0.2, 0.25) is 0 Å². The van der Waals surface area contributed by atoms with Crippen molar-refractivity contribution >= 4 is 17.9 Å². The molecular formula is C27H24FN3O6. The van der Waals surface area contributed by atoms with Crippen LogP contribution in [0.15, 0.2) is 54.6 Å². The van der Waals surface area contributed by atoms with Crippen molar-refractivity contribution in [3.8, 4) is 16.9 Å². The van der Waals surface area contributed by atoms with Crippen molar-refractivity contribution in [1.82, 2.24) is 5.06 Å². The summed E-state index contributed by atoms with van der Waals surface area (Å²) in [5, 5.41) is 0.983. The topological polar surface area (TPSA) is 126 Å². The monoisotopic (exact) mass is 505 g/mol. The van der Waals surface area contributed by atoms with E-state index in [1.165, 1.54) is 6.07 Å². The van der Waals surface area contributed by atoms with Gasteiger partial charge in [-0.15, -0.1) is 0 Å². The number of ether oxygens (including phenoxy) is 1. The Bertz CT molecular complexity index is 1370. The number of rotatable bonds is 2. The molecule has 1 heterocycles. The van der Waals surface area contributed by atoms with Gasteiger partial charge in [0.25, 0.3) is 0 Å². The van der Waals surface area contributed by atoms with Crippen LogP contribution in [0, 0.1) is 5.82 Å². The number of nitrogens with zero attached hydrogens (tertiary/aromatic N) is 1. The highest BCUT2D eigenvalue weighted by atomic mass is 19.1. The lowest BCUT2D eigenvalue weighted by molar-refractivity contribution is -0.252. The number of nitrogen functional groups attached to an aromatic ring is 1. The predicted octanol–water partition coefficient (Wildman–Crippen LogP) is 4.74. The van der Waals surface area contributed by atoms with Gasteiger partial charge in [-0.25, -0.2) is 28.6 Å². The lowest BCUT2D eigenvalue weighted by atomic mass is 9.72. The van der Waals surface area contributed by atoms with Gasteiger partial charge >= 0.3 is 12.2 Å². The predicted molar refractivity (Wildman–Crippen MR) is 130 cm³/mol. The molecule has 0 saturated heterocycles. The van der Waals surface area contributed by atoms with Crippen LogP contribution < -0.4 is 16.2 Å². The highest BCUT2D eigenvalue weighted by molar-refractivity contribution is 5.79. The third-order valence-corrected chi connectivity index (χ3v) is 7.46. The Morgan fingerprint density at radius 2 is 1.73 bits per heavy atom. The van der Waals surface area contributed by atoms with E-state index in [1.54, 1.807) is 0 Å². The van der Waals surface area contributed by atoms with Gasteiger partial charge in [0.05, 0.1) is 6.04 Å². The van der Waals surface area contributed by atoms with E-state index in [-0.39, 0.29) is 23.3 Å². The van der Waals surface area contributed by atoms with E-state index in [4.69, 9.17) is 21.0 Å². The summed E-state index contributed by atoms with van der Waals surface area (Å²) in [5.74, 6) is -0.930. The van der Waals surface area contributed by atoms with Crippen molar-refractivity contribution in [2.45, 2.75) is 37.1 Å². The van der Waals surface area contributed by atoms with Crippen molar-refractivity contribution in [2.75, 3.05) is 12.5 Å². The summed E-state index contributed by atoms with van der Waals surface area (Å²) in [6, 6.07) is 17.1. The normalized spacial score (nSPS) is 19.6. The van der Waals surface area contributed by atoms with E-state index in [0.29, 0.717) is 30.4 Å². The minimum atomic E-state index is -1.28. The summed E-state index contributed by atoms with van der Waals surface area (Å²) >= 11 is 0. The van der Waals surface area contributed by atoms with E-state index in [1.807, 2.05) is 24.3 Å². The van der Waals surface area contributed by atoms with Crippen LogP contribution in [0.3, 0.4) is 0 Å². The molecule has 3 aliphatic rings. The number of hydroxylamine groups is 2.